The van der Waals surface area contributed by atoms with E-state index in [1.54, 1.807) is 0 Å². The van der Waals surface area contributed by atoms with Gasteiger partial charge in [-0.1, -0.05) is 130 Å². The molecule has 0 aliphatic heterocycles. The first-order valence-corrected chi connectivity index (χ1v) is 35.5. The summed E-state index contributed by atoms with van der Waals surface area (Å²) in [5, 5.41) is 0. The van der Waals surface area contributed by atoms with Crippen molar-refractivity contribution in [1.82, 2.24) is 9.80 Å². The van der Waals surface area contributed by atoms with Crippen LogP contribution in [0.2, 0.25) is 0 Å². The van der Waals surface area contributed by atoms with Gasteiger partial charge in [-0.3, -0.25) is 9.80 Å². The Morgan fingerprint density at radius 2 is 0.645 bits per heavy atom. The van der Waals surface area contributed by atoms with Crippen LogP contribution in [-0.2, 0) is 18.9 Å². The molecule has 10 rings (SSSR count). The van der Waals surface area contributed by atoms with Crippen LogP contribution < -0.4 is 0 Å². The Kier molecular flexibility index (Phi) is 23.5. The van der Waals surface area contributed by atoms with Gasteiger partial charge in [-0.2, -0.15) is 0 Å². The van der Waals surface area contributed by atoms with Crippen molar-refractivity contribution in [3.63, 3.8) is 0 Å². The molecule has 10 unspecified atom stereocenters. The van der Waals surface area contributed by atoms with Crippen LogP contribution >= 0.6 is 0 Å². The lowest BCUT2D eigenvalue weighted by Crippen LogP contribution is -2.68. The zero-order chi connectivity index (χ0) is 52.1. The second-order valence-electron chi connectivity index (χ2n) is 29.3. The molecule has 6 heteroatoms. The summed E-state index contributed by atoms with van der Waals surface area (Å²) in [5.41, 5.74) is 0. The second kappa shape index (κ2) is 30.4. The van der Waals surface area contributed by atoms with Crippen LogP contribution in [0, 0.1) is 47.3 Å². The third kappa shape index (κ3) is 15.3. The van der Waals surface area contributed by atoms with Crippen LogP contribution in [0.25, 0.3) is 0 Å². The van der Waals surface area contributed by atoms with Gasteiger partial charge in [0.05, 0.1) is 36.6 Å². The molecule has 0 saturated heterocycles. The summed E-state index contributed by atoms with van der Waals surface area (Å²) >= 11 is 0. The minimum atomic E-state index is 0.441. The Morgan fingerprint density at radius 3 is 1.01 bits per heavy atom. The molecule has 438 valence electrons. The van der Waals surface area contributed by atoms with E-state index in [0.717, 1.165) is 84.7 Å². The zero-order valence-corrected chi connectivity index (χ0v) is 50.6. The van der Waals surface area contributed by atoms with Gasteiger partial charge in [0.1, 0.15) is 0 Å². The molecule has 10 aliphatic carbocycles. The molecule has 0 N–H and O–H groups in total. The van der Waals surface area contributed by atoms with Gasteiger partial charge in [0, 0.05) is 49.5 Å². The lowest BCUT2D eigenvalue weighted by atomic mass is 9.45. The van der Waals surface area contributed by atoms with Gasteiger partial charge in [0.2, 0.25) is 0 Å². The second-order valence-corrected chi connectivity index (χ2v) is 29.3. The summed E-state index contributed by atoms with van der Waals surface area (Å²) < 4.78 is 29.2. The first-order valence-electron chi connectivity index (χ1n) is 35.5. The monoisotopic (exact) mass is 1060 g/mol. The predicted molar refractivity (Wildman–Crippen MR) is 317 cm³/mol. The maximum Gasteiger partial charge on any atom is 0.0624 e. The molecule has 0 radical (unpaired) electrons. The van der Waals surface area contributed by atoms with E-state index in [9.17, 15) is 0 Å². The molecule has 0 aromatic carbocycles. The summed E-state index contributed by atoms with van der Waals surface area (Å²) in [5.74, 6) is 6.49. The normalized spacial score (nSPS) is 40.8. The van der Waals surface area contributed by atoms with E-state index in [2.05, 4.69) is 37.5 Å². The van der Waals surface area contributed by atoms with Gasteiger partial charge in [0.25, 0.3) is 0 Å². The Bertz CT molecular complexity index is 1470. The molecule has 0 aromatic rings. The maximum absolute atomic E-state index is 7.85. The Hall–Kier alpha value is -0.240. The third-order valence-corrected chi connectivity index (χ3v) is 24.2. The number of ether oxygens (including phenoxy) is 4. The summed E-state index contributed by atoms with van der Waals surface area (Å²) in [6.07, 6.45) is 63.1. The quantitative estimate of drug-likeness (QED) is 0.0805. The van der Waals surface area contributed by atoms with Crippen molar-refractivity contribution in [1.29, 1.82) is 0 Å². The van der Waals surface area contributed by atoms with Crippen molar-refractivity contribution in [2.45, 2.75) is 383 Å². The summed E-state index contributed by atoms with van der Waals surface area (Å²) in [6.45, 7) is 11.8. The van der Waals surface area contributed by atoms with Crippen molar-refractivity contribution in [3.8, 4) is 0 Å². The Labute approximate surface area is 470 Å². The molecule has 10 aliphatic rings. The summed E-state index contributed by atoms with van der Waals surface area (Å²) in [4.78, 5) is 6.77. The summed E-state index contributed by atoms with van der Waals surface area (Å²) in [7, 11) is 0. The fourth-order valence-corrected chi connectivity index (χ4v) is 20.2. The van der Waals surface area contributed by atoms with E-state index >= 15 is 0 Å². The van der Waals surface area contributed by atoms with Crippen molar-refractivity contribution in [2.75, 3.05) is 13.2 Å². The molecule has 0 spiro atoms. The minimum absolute atomic E-state index is 0.441. The van der Waals surface area contributed by atoms with Gasteiger partial charge in [0.15, 0.2) is 0 Å². The topological polar surface area (TPSA) is 43.4 Å². The highest BCUT2D eigenvalue weighted by atomic mass is 16.5. The summed E-state index contributed by atoms with van der Waals surface area (Å²) in [6, 6.07) is 4.31. The van der Waals surface area contributed by atoms with Gasteiger partial charge < -0.3 is 18.9 Å². The van der Waals surface area contributed by atoms with Crippen LogP contribution in [0.3, 0.4) is 0 Å². The molecule has 10 fully saturated rings. The molecule has 76 heavy (non-hydrogen) atoms. The number of hydrogen-bond acceptors (Lipinski definition) is 6. The van der Waals surface area contributed by atoms with Crippen molar-refractivity contribution in [2.24, 2.45) is 47.3 Å². The molecule has 0 amide bonds. The van der Waals surface area contributed by atoms with Crippen LogP contribution in [0.15, 0.2) is 0 Å². The minimum Gasteiger partial charge on any atom is -0.378 e. The van der Waals surface area contributed by atoms with E-state index in [1.165, 1.54) is 283 Å². The van der Waals surface area contributed by atoms with Crippen molar-refractivity contribution >= 4 is 0 Å². The highest BCUT2D eigenvalue weighted by Gasteiger charge is 2.63. The fraction of sp³-hybridized carbons (Fsp3) is 1.00. The highest BCUT2D eigenvalue weighted by molar-refractivity contribution is 5.14. The molecule has 0 aromatic heterocycles. The molecule has 6 nitrogen and oxygen atoms in total. The van der Waals surface area contributed by atoms with Gasteiger partial charge in [-0.05, 0) is 227 Å². The molecular formula is C70H124N2O4. The largest absolute Gasteiger partial charge is 0.378 e. The molecule has 0 heterocycles. The molecule has 10 saturated carbocycles. The first kappa shape index (κ1) is 58.9. The van der Waals surface area contributed by atoms with E-state index in [0.29, 0.717) is 48.7 Å². The standard InChI is InChI=1S/C70H124N2O4/c1-5-7-9-11-13-21-47-73-57-39-35-55(36-40-57)71(53-31-27-51(3)28-32-53)65-49-67(75-59-23-17-15-18-24-59)63-46-44-62-66(50-68(76-60-25-19-16-20-26-60)64-45-43-61(65)69(63)70(62)64)72(54-33-29-52(4)30-34-54)56-37-41-58(42-38-56)74-48-22-14-12-10-8-6-2/h51-70H,5-50H2,1-4H3. The average molecular weight is 1060 g/mol. The van der Waals surface area contributed by atoms with Crippen LogP contribution in [0.1, 0.15) is 310 Å². The van der Waals surface area contributed by atoms with E-state index < -0.39 is 0 Å². The average Bonchev–Trinajstić information content (AvgIpc) is 3.58. The van der Waals surface area contributed by atoms with Gasteiger partial charge in [-0.25, -0.2) is 0 Å². The van der Waals surface area contributed by atoms with Gasteiger partial charge >= 0.3 is 0 Å². The van der Waals surface area contributed by atoms with Gasteiger partial charge in [-0.15, -0.1) is 0 Å². The van der Waals surface area contributed by atoms with Crippen LogP contribution in [-0.4, -0.2) is 95.9 Å². The van der Waals surface area contributed by atoms with E-state index in [1.807, 2.05) is 0 Å². The Morgan fingerprint density at radius 1 is 0.316 bits per heavy atom. The van der Waals surface area contributed by atoms with Crippen LogP contribution in [0.5, 0.6) is 0 Å². The predicted octanol–water partition coefficient (Wildman–Crippen LogP) is 18.4. The SMILES string of the molecule is CCCCCCCCOC1CCC(N(C2CCC(C)CC2)C2CC(OC3CCCCC3)C3CCC4C5C(CCC2C35)C(OC2CCCCC2)CC4N(C2CCC(C)CC2)C2CCC(OCCCCCCCC)CC2)CC1. The number of nitrogens with zero attached hydrogens (tertiary/aromatic N) is 2. The number of hydrogen-bond donors (Lipinski definition) is 0. The lowest BCUT2D eigenvalue weighted by Gasteiger charge is -2.67. The van der Waals surface area contributed by atoms with Crippen molar-refractivity contribution in [3.05, 3.63) is 0 Å². The molecule has 10 atom stereocenters. The lowest BCUT2D eigenvalue weighted by molar-refractivity contribution is -0.225. The molecular weight excluding hydrogens is 933 g/mol. The number of unbranched alkanes of at least 4 members (excludes halogenated alkanes) is 10. The van der Waals surface area contributed by atoms with E-state index in [-0.39, 0.29) is 0 Å². The number of rotatable bonds is 26. The highest BCUT2D eigenvalue weighted by Crippen LogP contribution is 2.63. The third-order valence-electron chi connectivity index (χ3n) is 24.2. The van der Waals surface area contributed by atoms with Crippen molar-refractivity contribution < 1.29 is 18.9 Å². The first-order chi connectivity index (χ1) is 37.4. The maximum atomic E-state index is 7.85. The molecule has 0 bridgehead atoms. The zero-order valence-electron chi connectivity index (χ0n) is 50.6. The smallest absolute Gasteiger partial charge is 0.0624 e. The Balaban J connectivity index is 0.930. The van der Waals surface area contributed by atoms with E-state index in [4.69, 9.17) is 18.9 Å². The fourth-order valence-electron chi connectivity index (χ4n) is 20.2. The van der Waals surface area contributed by atoms with Crippen LogP contribution in [0.4, 0.5) is 0 Å².